The monoisotopic (exact) mass is 463 g/mol. The van der Waals surface area contributed by atoms with Gasteiger partial charge in [-0.05, 0) is 46.7 Å². The number of hydrogen-bond donors (Lipinski definition) is 2. The highest BCUT2D eigenvalue weighted by molar-refractivity contribution is 8.04. The first-order valence-corrected chi connectivity index (χ1v) is 11.7. The molecule has 2 N–H and O–H groups in total. The Morgan fingerprint density at radius 2 is 1.70 bits per heavy atom. The quantitative estimate of drug-likeness (QED) is 0.520. The number of hydrogen-bond acceptors (Lipinski definition) is 6. The van der Waals surface area contributed by atoms with Crippen LogP contribution in [0.25, 0.3) is 6.08 Å². The first-order chi connectivity index (χ1) is 15.4. The summed E-state index contributed by atoms with van der Waals surface area (Å²) in [5, 5.41) is 25.1. The van der Waals surface area contributed by atoms with Crippen molar-refractivity contribution in [1.82, 2.24) is 20.6 Å². The zero-order valence-electron chi connectivity index (χ0n) is 19.8. The molecule has 33 heavy (non-hydrogen) atoms. The van der Waals surface area contributed by atoms with Crippen LogP contribution in [0.1, 0.15) is 64.1 Å². The van der Waals surface area contributed by atoms with E-state index in [9.17, 15) is 9.90 Å². The third kappa shape index (κ3) is 4.66. The number of carbonyl (C=O) groups excluding carboxylic acids is 1. The maximum Gasteiger partial charge on any atom is 0.265 e. The molecule has 172 valence electrons. The van der Waals surface area contributed by atoms with Gasteiger partial charge in [0.05, 0.1) is 17.1 Å². The molecule has 2 heterocycles. The van der Waals surface area contributed by atoms with Crippen LogP contribution >= 0.6 is 11.8 Å². The van der Waals surface area contributed by atoms with Gasteiger partial charge in [0.25, 0.3) is 5.91 Å². The van der Waals surface area contributed by atoms with Gasteiger partial charge in [0.15, 0.2) is 5.82 Å². The summed E-state index contributed by atoms with van der Waals surface area (Å²) in [6.45, 7) is 12.7. The van der Waals surface area contributed by atoms with Crippen LogP contribution < -0.4 is 4.90 Å². The number of H-pyrrole nitrogens is 1. The van der Waals surface area contributed by atoms with Gasteiger partial charge in [-0.2, -0.15) is 5.21 Å². The summed E-state index contributed by atoms with van der Waals surface area (Å²) in [5.41, 5.74) is 2.93. The summed E-state index contributed by atoms with van der Waals surface area (Å²) in [4.78, 5) is 16.8. The van der Waals surface area contributed by atoms with Crippen LogP contribution in [-0.2, 0) is 22.2 Å². The number of aromatic nitrogens is 4. The Bertz CT molecular complexity index is 1190. The first kappa shape index (κ1) is 23.0. The Morgan fingerprint density at radius 3 is 2.27 bits per heavy atom. The second-order valence-corrected chi connectivity index (χ2v) is 11.3. The van der Waals surface area contributed by atoms with Crippen molar-refractivity contribution in [1.29, 1.82) is 0 Å². The number of tetrazole rings is 1. The minimum absolute atomic E-state index is 0.119. The van der Waals surface area contributed by atoms with Gasteiger partial charge in [-0.15, -0.1) is 10.2 Å². The Morgan fingerprint density at radius 1 is 1.06 bits per heavy atom. The molecule has 1 aromatic heterocycles. The van der Waals surface area contributed by atoms with Crippen LogP contribution in [0, 0.1) is 0 Å². The summed E-state index contributed by atoms with van der Waals surface area (Å²) >= 11 is 1.45. The van der Waals surface area contributed by atoms with Gasteiger partial charge in [0.2, 0.25) is 0 Å². The van der Waals surface area contributed by atoms with E-state index in [-0.39, 0.29) is 23.3 Å². The highest BCUT2D eigenvalue weighted by Gasteiger charge is 2.31. The number of fused-ring (bicyclic) bond motifs is 1. The van der Waals surface area contributed by atoms with Crippen molar-refractivity contribution in [3.63, 3.8) is 0 Å². The summed E-state index contributed by atoms with van der Waals surface area (Å²) < 4.78 is 0. The van der Waals surface area contributed by atoms with Crippen LogP contribution in [0.3, 0.4) is 0 Å². The van der Waals surface area contributed by atoms with Gasteiger partial charge < -0.3 is 5.11 Å². The minimum Gasteiger partial charge on any atom is -0.507 e. The molecule has 0 radical (unpaired) electrons. The maximum atomic E-state index is 13.6. The molecule has 0 unspecified atom stereocenters. The third-order valence-corrected chi connectivity index (χ3v) is 6.64. The minimum atomic E-state index is -0.250. The second kappa shape index (κ2) is 8.33. The van der Waals surface area contributed by atoms with Crippen molar-refractivity contribution in [2.45, 2.75) is 63.8 Å². The average Bonchev–Trinajstić information content (AvgIpc) is 3.23. The maximum absolute atomic E-state index is 13.6. The van der Waals surface area contributed by atoms with Crippen molar-refractivity contribution in [3.05, 3.63) is 63.8 Å². The van der Waals surface area contributed by atoms with Gasteiger partial charge in [-0.1, -0.05) is 70.7 Å². The van der Waals surface area contributed by atoms with Crippen LogP contribution in [0.2, 0.25) is 0 Å². The van der Waals surface area contributed by atoms with Gasteiger partial charge in [0.1, 0.15) is 5.75 Å². The number of carbonyl (C=O) groups is 1. The normalized spacial score (nSPS) is 15.8. The number of aromatic amines is 1. The SMILES string of the molecule is CC(C)(C)c1cc(C=C2Sc3ccccc3N(Cc3nn[nH]n3)C2=O)cc(C(C)(C)C)c1O. The number of para-hydroxylation sites is 1. The lowest BCUT2D eigenvalue weighted by atomic mass is 9.78. The van der Waals surface area contributed by atoms with E-state index in [4.69, 9.17) is 0 Å². The van der Waals surface area contributed by atoms with Crippen molar-refractivity contribution >= 4 is 29.4 Å². The van der Waals surface area contributed by atoms with Gasteiger partial charge in [0, 0.05) is 16.0 Å². The first-order valence-electron chi connectivity index (χ1n) is 10.9. The number of nitrogens with one attached hydrogen (secondary N) is 1. The number of phenolic OH excluding ortho intramolecular Hbond substituents is 1. The molecule has 0 atom stereocenters. The average molecular weight is 464 g/mol. The predicted molar refractivity (Wildman–Crippen MR) is 131 cm³/mol. The third-order valence-electron chi connectivity index (χ3n) is 5.57. The Labute approximate surface area is 198 Å². The summed E-state index contributed by atoms with van der Waals surface area (Å²) in [7, 11) is 0. The van der Waals surface area contributed by atoms with Gasteiger partial charge in [-0.3, -0.25) is 9.69 Å². The largest absolute Gasteiger partial charge is 0.507 e. The lowest BCUT2D eigenvalue weighted by Crippen LogP contribution is -2.34. The fourth-order valence-electron chi connectivity index (χ4n) is 3.85. The topological polar surface area (TPSA) is 95.0 Å². The van der Waals surface area contributed by atoms with Crippen molar-refractivity contribution in [2.75, 3.05) is 4.90 Å². The molecule has 0 bridgehead atoms. The smallest absolute Gasteiger partial charge is 0.265 e. The number of phenols is 1. The number of anilines is 1. The zero-order chi connectivity index (χ0) is 24.0. The van der Waals surface area contributed by atoms with Gasteiger partial charge >= 0.3 is 0 Å². The number of aromatic hydroxyl groups is 1. The molecule has 2 aromatic carbocycles. The van der Waals surface area contributed by atoms with E-state index in [2.05, 4.69) is 62.2 Å². The molecule has 1 aliphatic heterocycles. The molecule has 0 saturated carbocycles. The Balaban J connectivity index is 1.83. The van der Waals surface area contributed by atoms with Crippen molar-refractivity contribution in [3.8, 4) is 5.75 Å². The van der Waals surface area contributed by atoms with Crippen molar-refractivity contribution in [2.24, 2.45) is 0 Å². The Hall–Kier alpha value is -3.13. The van der Waals surface area contributed by atoms with Crippen LogP contribution in [0.5, 0.6) is 5.75 Å². The molecule has 3 aromatic rings. The van der Waals surface area contributed by atoms with Crippen LogP contribution in [-0.4, -0.2) is 31.6 Å². The molecule has 8 heteroatoms. The Kier molecular flexibility index (Phi) is 5.82. The number of rotatable bonds is 3. The summed E-state index contributed by atoms with van der Waals surface area (Å²) in [6, 6.07) is 11.8. The lowest BCUT2D eigenvalue weighted by Gasteiger charge is -2.30. The molecular formula is C25H29N5O2S. The van der Waals surface area contributed by atoms with Crippen LogP contribution in [0.15, 0.2) is 46.2 Å². The van der Waals surface area contributed by atoms with Crippen molar-refractivity contribution < 1.29 is 9.90 Å². The van der Waals surface area contributed by atoms with E-state index < -0.39 is 0 Å². The predicted octanol–water partition coefficient (Wildman–Crippen LogP) is 5.18. The molecule has 0 fully saturated rings. The molecule has 1 amide bonds. The lowest BCUT2D eigenvalue weighted by molar-refractivity contribution is -0.114. The molecular weight excluding hydrogens is 434 g/mol. The molecule has 0 spiro atoms. The van der Waals surface area contributed by atoms with E-state index in [1.165, 1.54) is 11.8 Å². The van der Waals surface area contributed by atoms with Crippen LogP contribution in [0.4, 0.5) is 5.69 Å². The number of thioether (sulfide) groups is 1. The fraction of sp³-hybridized carbons (Fsp3) is 0.360. The molecule has 4 rings (SSSR count). The van der Waals surface area contributed by atoms with E-state index >= 15 is 0 Å². The zero-order valence-corrected chi connectivity index (χ0v) is 20.6. The molecule has 0 aliphatic carbocycles. The summed E-state index contributed by atoms with van der Waals surface area (Å²) in [6.07, 6.45) is 1.91. The highest BCUT2D eigenvalue weighted by Crippen LogP contribution is 2.44. The fourth-order valence-corrected chi connectivity index (χ4v) is 4.90. The van der Waals surface area contributed by atoms with E-state index in [1.54, 1.807) is 4.90 Å². The number of benzene rings is 2. The molecule has 7 nitrogen and oxygen atoms in total. The van der Waals surface area contributed by atoms with Gasteiger partial charge in [-0.25, -0.2) is 0 Å². The highest BCUT2D eigenvalue weighted by atomic mass is 32.2. The van der Waals surface area contributed by atoms with E-state index in [0.29, 0.717) is 16.5 Å². The standard InChI is InChI=1S/C25H29N5O2S/c1-24(2,3)16-11-15(12-17(22(16)31)25(4,5)6)13-20-23(32)30(14-21-26-28-29-27-21)18-9-7-8-10-19(18)33-20/h7-13,31H,14H2,1-6H3,(H,26,27,28,29). The second-order valence-electron chi connectivity index (χ2n) is 10.3. The number of amides is 1. The molecule has 1 aliphatic rings. The molecule has 0 saturated heterocycles. The number of nitrogens with zero attached hydrogens (tertiary/aromatic N) is 4. The van der Waals surface area contributed by atoms with E-state index in [1.807, 2.05) is 42.5 Å². The van der Waals surface area contributed by atoms with E-state index in [0.717, 1.165) is 27.3 Å². The summed E-state index contributed by atoms with van der Waals surface area (Å²) in [5.74, 6) is 0.647.